The number of esters is 1. The Labute approximate surface area is 331 Å². The van der Waals surface area contributed by atoms with Crippen molar-refractivity contribution in [2.24, 2.45) is 68.5 Å². The molecular formula is C44H72N2O6S2. The van der Waals surface area contributed by atoms with Gasteiger partial charge < -0.3 is 15.2 Å². The van der Waals surface area contributed by atoms with Crippen LogP contribution < -0.4 is 5.32 Å². The van der Waals surface area contributed by atoms with Crippen LogP contribution in [0.2, 0.25) is 0 Å². The van der Waals surface area contributed by atoms with Gasteiger partial charge >= 0.3 is 11.9 Å². The highest BCUT2D eigenvalue weighted by atomic mass is 32.2. The normalized spacial score (nSPS) is 46.5. The van der Waals surface area contributed by atoms with Gasteiger partial charge in [0.15, 0.2) is 9.84 Å². The monoisotopic (exact) mass is 788 g/mol. The molecule has 1 aliphatic heterocycles. The van der Waals surface area contributed by atoms with E-state index in [1.165, 1.54) is 50.5 Å². The molecule has 0 spiro atoms. The average molecular weight is 789 g/mol. The molecule has 1 saturated heterocycles. The number of carbonyl (C=O) groups excluding carboxylic acids is 1. The lowest BCUT2D eigenvalue weighted by Crippen LogP contribution is -2.69. The summed E-state index contributed by atoms with van der Waals surface area (Å²) in [4.78, 5) is 27.8. The lowest BCUT2D eigenvalue weighted by molar-refractivity contribution is -0.246. The maximum absolute atomic E-state index is 13.5. The van der Waals surface area contributed by atoms with Crippen molar-refractivity contribution in [3.05, 3.63) is 12.2 Å². The zero-order chi connectivity index (χ0) is 39.4. The molecule has 0 aromatic heterocycles. The molecule has 0 aromatic rings. The van der Waals surface area contributed by atoms with Crippen molar-refractivity contribution in [1.29, 1.82) is 0 Å². The van der Waals surface area contributed by atoms with Crippen molar-refractivity contribution in [3.63, 3.8) is 0 Å². The number of fused-ring (bicyclic) bond motifs is 7. The highest BCUT2D eigenvalue weighted by Crippen LogP contribution is 2.76. The first-order chi connectivity index (χ1) is 25.1. The molecule has 0 amide bonds. The third-order valence-corrected chi connectivity index (χ3v) is 20.9. The van der Waals surface area contributed by atoms with Gasteiger partial charge in [-0.3, -0.25) is 14.5 Å². The number of ether oxygens (including phenoxy) is 1. The molecule has 0 unspecified atom stereocenters. The van der Waals surface area contributed by atoms with Gasteiger partial charge in [0.25, 0.3) is 0 Å². The second-order valence-corrected chi connectivity index (χ2v) is 24.6. The fraction of sp³-hybridized carbons (Fsp3) is 0.909. The van der Waals surface area contributed by atoms with Crippen LogP contribution >= 0.6 is 11.8 Å². The molecule has 7 rings (SSSR count). The zero-order valence-electron chi connectivity index (χ0n) is 35.0. The molecule has 54 heavy (non-hydrogen) atoms. The number of hydrogen-bond donors (Lipinski definition) is 2. The largest absolute Gasteiger partial charge is 0.481 e. The van der Waals surface area contributed by atoms with Crippen LogP contribution in [0.15, 0.2) is 12.2 Å². The number of aliphatic carboxylic acids is 1. The van der Waals surface area contributed by atoms with Crippen molar-refractivity contribution in [2.45, 2.75) is 137 Å². The molecule has 13 atom stereocenters. The molecule has 8 nitrogen and oxygen atoms in total. The van der Waals surface area contributed by atoms with E-state index in [0.29, 0.717) is 48.7 Å². The van der Waals surface area contributed by atoms with Crippen LogP contribution in [-0.2, 0) is 24.2 Å². The second-order valence-electron chi connectivity index (χ2n) is 21.4. The topological polar surface area (TPSA) is 113 Å². The minimum absolute atomic E-state index is 0.0936. The highest BCUT2D eigenvalue weighted by molar-refractivity contribution is 7.98. The SMILES string of the molecule is C=C(C)[C@@H]1CC[C@]2(NC[C@@H](CSC)N3CCS(=O)(=O)CC3)CC[C@]3(C)[C@H](CC[C@@H]4[C@@]5(C)CC[C@H](OC(=O)[C@H]6[C@@H](C(=O)O)C6(C)C)C(C)(C)[C@@H]5CC[C@]43C)[C@@H]12. The van der Waals surface area contributed by atoms with Crippen molar-refractivity contribution < 1.29 is 27.9 Å². The Bertz CT molecular complexity index is 1620. The van der Waals surface area contributed by atoms with Gasteiger partial charge in [-0.2, -0.15) is 11.8 Å². The number of sulfone groups is 1. The molecule has 10 heteroatoms. The minimum atomic E-state index is -2.92. The Morgan fingerprint density at radius 2 is 1.56 bits per heavy atom. The van der Waals surface area contributed by atoms with Gasteiger partial charge in [-0.1, -0.05) is 60.6 Å². The lowest BCUT2D eigenvalue weighted by Gasteiger charge is -2.73. The number of carboxylic acid groups (broad SMARTS) is 1. The summed E-state index contributed by atoms with van der Waals surface area (Å²) in [7, 11) is -2.92. The number of hydrogen-bond acceptors (Lipinski definition) is 8. The summed E-state index contributed by atoms with van der Waals surface area (Å²) in [5.74, 6) is 1.88. The number of carbonyl (C=O) groups is 2. The summed E-state index contributed by atoms with van der Waals surface area (Å²) >= 11 is 1.87. The maximum atomic E-state index is 13.5. The van der Waals surface area contributed by atoms with Crippen LogP contribution in [0.1, 0.15) is 120 Å². The first-order valence-electron chi connectivity index (χ1n) is 21.4. The Morgan fingerprint density at radius 1 is 0.870 bits per heavy atom. The van der Waals surface area contributed by atoms with E-state index in [2.05, 4.69) is 64.6 Å². The number of nitrogens with one attached hydrogen (secondary N) is 1. The molecule has 0 radical (unpaired) electrons. The zero-order valence-corrected chi connectivity index (χ0v) is 36.6. The highest BCUT2D eigenvalue weighted by Gasteiger charge is 2.72. The van der Waals surface area contributed by atoms with E-state index in [1.54, 1.807) is 0 Å². The molecule has 0 bridgehead atoms. The van der Waals surface area contributed by atoms with Crippen LogP contribution in [0, 0.1) is 68.5 Å². The van der Waals surface area contributed by atoms with E-state index in [9.17, 15) is 23.1 Å². The quantitative estimate of drug-likeness (QED) is 0.170. The van der Waals surface area contributed by atoms with E-state index in [-0.39, 0.29) is 50.8 Å². The molecule has 7 aliphatic rings. The molecule has 7 fully saturated rings. The minimum Gasteiger partial charge on any atom is -0.481 e. The summed E-state index contributed by atoms with van der Waals surface area (Å²) < 4.78 is 30.9. The van der Waals surface area contributed by atoms with Gasteiger partial charge in [0.1, 0.15) is 6.10 Å². The predicted molar refractivity (Wildman–Crippen MR) is 218 cm³/mol. The number of nitrogens with zero attached hydrogens (tertiary/aromatic N) is 1. The number of carboxylic acids is 1. The van der Waals surface area contributed by atoms with Gasteiger partial charge in [-0.25, -0.2) is 8.42 Å². The first-order valence-corrected chi connectivity index (χ1v) is 24.6. The van der Waals surface area contributed by atoms with Crippen LogP contribution in [0.25, 0.3) is 0 Å². The molecule has 1 heterocycles. The van der Waals surface area contributed by atoms with E-state index in [1.807, 2.05) is 25.6 Å². The van der Waals surface area contributed by atoms with Gasteiger partial charge in [-0.05, 0) is 129 Å². The molecule has 0 aromatic carbocycles. The number of allylic oxidation sites excluding steroid dienone is 1. The summed E-state index contributed by atoms with van der Waals surface area (Å²) in [6, 6.07) is 0.332. The standard InChI is InChI=1S/C44H72N2O6S2/c1-27(2)29-13-18-44(45-25-28(26-53-10)46-21-23-54(50,51)24-22-46)20-19-42(8)30(34(29)44)11-12-32-41(7)16-15-33(39(3,4)31(41)14-17-43(32,42)9)52-38(49)36-35(37(47)48)40(36,5)6/h28-36,45H,1,11-26H2,2-10H3,(H,47,48)/t28-,29-,30+,31-,32+,33-,34+,35-,36+,41-,42+,43+,44-/m0/s1. The van der Waals surface area contributed by atoms with Gasteiger partial charge in [-0.15, -0.1) is 0 Å². The molecule has 6 saturated carbocycles. The van der Waals surface area contributed by atoms with Crippen LogP contribution in [0.5, 0.6) is 0 Å². The number of rotatable bonds is 10. The predicted octanol–water partition coefficient (Wildman–Crippen LogP) is 7.72. The van der Waals surface area contributed by atoms with Crippen LogP contribution in [-0.4, -0.2) is 91.2 Å². The van der Waals surface area contributed by atoms with Crippen molar-refractivity contribution in [3.8, 4) is 0 Å². The maximum Gasteiger partial charge on any atom is 0.310 e. The summed E-state index contributed by atoms with van der Waals surface area (Å²) in [5.41, 5.74) is 1.28. The third-order valence-electron chi connectivity index (χ3n) is 18.6. The van der Waals surface area contributed by atoms with Gasteiger partial charge in [0, 0.05) is 42.4 Å². The molecule has 306 valence electrons. The molecule has 6 aliphatic carbocycles. The van der Waals surface area contributed by atoms with Crippen LogP contribution in [0.4, 0.5) is 0 Å². The molecular weight excluding hydrogens is 717 g/mol. The first kappa shape index (κ1) is 41.1. The second kappa shape index (κ2) is 13.7. The lowest BCUT2D eigenvalue weighted by atomic mass is 9.32. The van der Waals surface area contributed by atoms with Gasteiger partial charge in [0.05, 0.1) is 23.3 Å². The summed E-state index contributed by atoms with van der Waals surface area (Å²) in [5, 5.41) is 14.1. The van der Waals surface area contributed by atoms with Gasteiger partial charge in [0.2, 0.25) is 0 Å². The van der Waals surface area contributed by atoms with E-state index >= 15 is 0 Å². The Balaban J connectivity index is 1.11. The smallest absolute Gasteiger partial charge is 0.310 e. The fourth-order valence-corrected chi connectivity index (χ4v) is 17.2. The van der Waals surface area contributed by atoms with Crippen molar-refractivity contribution in [2.75, 3.05) is 43.1 Å². The Kier molecular flexibility index (Phi) is 10.5. The van der Waals surface area contributed by atoms with Crippen molar-refractivity contribution in [1.82, 2.24) is 10.2 Å². The van der Waals surface area contributed by atoms with Crippen LogP contribution in [0.3, 0.4) is 0 Å². The average Bonchev–Trinajstić information content (AvgIpc) is 3.47. The Hall–Kier alpha value is -1.10. The van der Waals surface area contributed by atoms with E-state index in [4.69, 9.17) is 4.74 Å². The molecule has 2 N–H and O–H groups in total. The Morgan fingerprint density at radius 3 is 2.17 bits per heavy atom. The summed E-state index contributed by atoms with van der Waals surface area (Å²) in [6.45, 7) is 25.5. The van der Waals surface area contributed by atoms with Crippen molar-refractivity contribution >= 4 is 33.5 Å². The third kappa shape index (κ3) is 6.21. The number of thioether (sulfide) groups is 1. The van der Waals surface area contributed by atoms with E-state index in [0.717, 1.165) is 31.6 Å². The fourth-order valence-electron chi connectivity index (χ4n) is 15.3. The van der Waals surface area contributed by atoms with E-state index < -0.39 is 33.1 Å². The summed E-state index contributed by atoms with van der Waals surface area (Å²) in [6.07, 6.45) is 13.5.